The highest BCUT2D eigenvalue weighted by Gasteiger charge is 2.12. The molecule has 0 amide bonds. The summed E-state index contributed by atoms with van der Waals surface area (Å²) in [6.07, 6.45) is 0.667. The molecule has 1 unspecified atom stereocenters. The van der Waals surface area contributed by atoms with Crippen LogP contribution in [0.4, 0.5) is 0 Å². The van der Waals surface area contributed by atoms with E-state index in [1.807, 2.05) is 13.8 Å². The van der Waals surface area contributed by atoms with Gasteiger partial charge in [0.05, 0.1) is 18.1 Å². The molecule has 0 saturated heterocycles. The fraction of sp³-hybridized carbons (Fsp3) is 1.00. The summed E-state index contributed by atoms with van der Waals surface area (Å²) in [5.74, 6) is 0.368. The van der Waals surface area contributed by atoms with Crippen molar-refractivity contribution in [2.24, 2.45) is 0 Å². The molecule has 14 heavy (non-hydrogen) atoms. The lowest BCUT2D eigenvalue weighted by molar-refractivity contribution is 0.217. The first-order valence-electron chi connectivity index (χ1n) is 4.94. The molecule has 0 aromatic carbocycles. The molecule has 0 saturated carbocycles. The van der Waals surface area contributed by atoms with Gasteiger partial charge in [-0.15, -0.1) is 0 Å². The first kappa shape index (κ1) is 13.9. The monoisotopic (exact) mass is 223 g/mol. The van der Waals surface area contributed by atoms with Gasteiger partial charge in [0.1, 0.15) is 0 Å². The molecular weight excluding hydrogens is 202 g/mol. The van der Waals surface area contributed by atoms with Crippen LogP contribution < -0.4 is 5.32 Å². The largest absolute Gasteiger partial charge is 0.384 e. The first-order chi connectivity index (χ1) is 6.52. The van der Waals surface area contributed by atoms with Gasteiger partial charge in [0.25, 0.3) is 0 Å². The number of rotatable bonds is 8. The van der Waals surface area contributed by atoms with E-state index in [4.69, 9.17) is 4.74 Å². The van der Waals surface area contributed by atoms with Crippen LogP contribution in [0.15, 0.2) is 0 Å². The van der Waals surface area contributed by atoms with Gasteiger partial charge in [-0.05, 0) is 19.9 Å². The van der Waals surface area contributed by atoms with Crippen molar-refractivity contribution in [2.45, 2.75) is 26.3 Å². The Morgan fingerprint density at radius 2 is 2.00 bits per heavy atom. The molecule has 1 atom stereocenters. The maximum absolute atomic E-state index is 11.4. The van der Waals surface area contributed by atoms with E-state index >= 15 is 0 Å². The zero-order valence-electron chi connectivity index (χ0n) is 9.25. The predicted octanol–water partition coefficient (Wildman–Crippen LogP) is 0.436. The van der Waals surface area contributed by atoms with Crippen molar-refractivity contribution >= 4 is 9.84 Å². The molecule has 0 heterocycles. The zero-order chi connectivity index (χ0) is 11.0. The van der Waals surface area contributed by atoms with Crippen LogP contribution in [0.3, 0.4) is 0 Å². The fourth-order valence-electron chi connectivity index (χ4n) is 1.12. The molecule has 0 spiro atoms. The number of sulfone groups is 1. The summed E-state index contributed by atoms with van der Waals surface area (Å²) in [5, 5.41) is 3.18. The van der Waals surface area contributed by atoms with Gasteiger partial charge in [-0.2, -0.15) is 0 Å². The quantitative estimate of drug-likeness (QED) is 0.648. The standard InChI is InChI=1S/C9H21NO3S/c1-4-10-9(2)5-7-14(11,12)8-6-13-3/h9-10H,4-8H2,1-3H3. The predicted molar refractivity (Wildman–Crippen MR) is 58.3 cm³/mol. The third kappa shape index (κ3) is 7.29. The van der Waals surface area contributed by atoms with Crippen LogP contribution in [-0.2, 0) is 14.6 Å². The Labute approximate surface area is 86.9 Å². The molecule has 5 heteroatoms. The van der Waals surface area contributed by atoms with Crippen molar-refractivity contribution in [3.8, 4) is 0 Å². The molecule has 0 rings (SSSR count). The van der Waals surface area contributed by atoms with Gasteiger partial charge in [0.2, 0.25) is 0 Å². The summed E-state index contributed by atoms with van der Waals surface area (Å²) < 4.78 is 27.5. The van der Waals surface area contributed by atoms with Crippen LogP contribution in [0.1, 0.15) is 20.3 Å². The molecule has 0 fully saturated rings. The van der Waals surface area contributed by atoms with Gasteiger partial charge in [-0.25, -0.2) is 8.42 Å². The number of nitrogens with one attached hydrogen (secondary N) is 1. The highest BCUT2D eigenvalue weighted by atomic mass is 32.2. The third-order valence-electron chi connectivity index (χ3n) is 2.01. The van der Waals surface area contributed by atoms with E-state index in [9.17, 15) is 8.42 Å². The molecule has 0 aliphatic rings. The molecule has 4 nitrogen and oxygen atoms in total. The smallest absolute Gasteiger partial charge is 0.152 e. The number of ether oxygens (including phenoxy) is 1. The maximum atomic E-state index is 11.4. The Balaban J connectivity index is 3.75. The fourth-order valence-corrected chi connectivity index (χ4v) is 2.46. The van der Waals surface area contributed by atoms with E-state index in [1.165, 1.54) is 7.11 Å². The van der Waals surface area contributed by atoms with Gasteiger partial charge in [0.15, 0.2) is 9.84 Å². The topological polar surface area (TPSA) is 55.4 Å². The summed E-state index contributed by atoms with van der Waals surface area (Å²) in [6, 6.07) is 0.261. The van der Waals surface area contributed by atoms with Crippen molar-refractivity contribution in [1.82, 2.24) is 5.32 Å². The Kier molecular flexibility index (Phi) is 7.13. The number of hydrogen-bond acceptors (Lipinski definition) is 4. The summed E-state index contributed by atoms with van der Waals surface area (Å²) in [4.78, 5) is 0. The Hall–Kier alpha value is -0.130. The van der Waals surface area contributed by atoms with Crippen molar-refractivity contribution in [3.63, 3.8) is 0 Å². The lowest BCUT2D eigenvalue weighted by Crippen LogP contribution is -2.28. The van der Waals surface area contributed by atoms with Gasteiger partial charge in [0, 0.05) is 13.2 Å². The van der Waals surface area contributed by atoms with Crippen LogP contribution in [0.5, 0.6) is 0 Å². The molecule has 0 aromatic rings. The maximum Gasteiger partial charge on any atom is 0.152 e. The Morgan fingerprint density at radius 1 is 1.36 bits per heavy atom. The Morgan fingerprint density at radius 3 is 2.50 bits per heavy atom. The SMILES string of the molecule is CCNC(C)CCS(=O)(=O)CCOC. The first-order valence-corrected chi connectivity index (χ1v) is 6.76. The van der Waals surface area contributed by atoms with Crippen LogP contribution in [0, 0.1) is 0 Å². The van der Waals surface area contributed by atoms with Gasteiger partial charge >= 0.3 is 0 Å². The molecule has 0 aliphatic heterocycles. The minimum absolute atomic E-state index is 0.127. The van der Waals surface area contributed by atoms with Crippen molar-refractivity contribution in [3.05, 3.63) is 0 Å². The second kappa shape index (κ2) is 7.20. The average molecular weight is 223 g/mol. The molecule has 0 aliphatic carbocycles. The number of methoxy groups -OCH3 is 1. The third-order valence-corrected chi connectivity index (χ3v) is 3.66. The normalized spacial score (nSPS) is 14.2. The van der Waals surface area contributed by atoms with Crippen molar-refractivity contribution < 1.29 is 13.2 Å². The van der Waals surface area contributed by atoms with E-state index in [2.05, 4.69) is 5.32 Å². The summed E-state index contributed by atoms with van der Waals surface area (Å²) in [5.41, 5.74) is 0. The number of hydrogen-bond donors (Lipinski definition) is 1. The van der Waals surface area contributed by atoms with Gasteiger partial charge in [-0.1, -0.05) is 6.92 Å². The lowest BCUT2D eigenvalue weighted by Gasteiger charge is -2.11. The highest BCUT2D eigenvalue weighted by molar-refractivity contribution is 7.91. The summed E-state index contributed by atoms with van der Waals surface area (Å²) >= 11 is 0. The second-order valence-electron chi connectivity index (χ2n) is 3.39. The molecule has 0 bridgehead atoms. The minimum Gasteiger partial charge on any atom is -0.384 e. The summed E-state index contributed by atoms with van der Waals surface area (Å²) in [7, 11) is -1.41. The molecule has 86 valence electrons. The van der Waals surface area contributed by atoms with E-state index in [0.717, 1.165) is 6.54 Å². The average Bonchev–Trinajstić information content (AvgIpc) is 2.13. The van der Waals surface area contributed by atoms with E-state index < -0.39 is 9.84 Å². The molecule has 0 aromatic heterocycles. The van der Waals surface area contributed by atoms with Crippen LogP contribution in [-0.4, -0.2) is 46.2 Å². The zero-order valence-corrected chi connectivity index (χ0v) is 10.1. The summed E-state index contributed by atoms with van der Waals surface area (Å²) in [6.45, 7) is 5.17. The van der Waals surface area contributed by atoms with Crippen LogP contribution in [0.25, 0.3) is 0 Å². The van der Waals surface area contributed by atoms with E-state index in [-0.39, 0.29) is 24.2 Å². The lowest BCUT2D eigenvalue weighted by atomic mass is 10.3. The van der Waals surface area contributed by atoms with Gasteiger partial charge in [-0.3, -0.25) is 0 Å². The van der Waals surface area contributed by atoms with E-state index in [0.29, 0.717) is 6.42 Å². The van der Waals surface area contributed by atoms with Crippen molar-refractivity contribution in [1.29, 1.82) is 0 Å². The Bertz CT molecular complexity index is 226. The minimum atomic E-state index is -2.92. The molecule has 1 N–H and O–H groups in total. The highest BCUT2D eigenvalue weighted by Crippen LogP contribution is 1.98. The van der Waals surface area contributed by atoms with Crippen LogP contribution in [0.2, 0.25) is 0 Å². The van der Waals surface area contributed by atoms with E-state index in [1.54, 1.807) is 0 Å². The van der Waals surface area contributed by atoms with Gasteiger partial charge < -0.3 is 10.1 Å². The van der Waals surface area contributed by atoms with Crippen molar-refractivity contribution in [2.75, 3.05) is 31.8 Å². The second-order valence-corrected chi connectivity index (χ2v) is 5.70. The molecular formula is C9H21NO3S. The van der Waals surface area contributed by atoms with Crippen LogP contribution >= 0.6 is 0 Å². The molecule has 0 radical (unpaired) electrons.